The molecule has 1 atom stereocenters. The smallest absolute Gasteiger partial charge is 0.263 e. The van der Waals surface area contributed by atoms with Crippen molar-refractivity contribution in [3.8, 4) is 0 Å². The number of rotatable bonds is 4. The van der Waals surface area contributed by atoms with Gasteiger partial charge in [0.15, 0.2) is 0 Å². The van der Waals surface area contributed by atoms with E-state index in [9.17, 15) is 9.59 Å². The molecule has 28 heavy (non-hydrogen) atoms. The topological polar surface area (TPSA) is 76.3 Å². The third kappa shape index (κ3) is 3.66. The minimum atomic E-state index is -0.703. The summed E-state index contributed by atoms with van der Waals surface area (Å²) in [5.41, 5.74) is 4.35. The Labute approximate surface area is 174 Å². The SMILES string of the molecule is CC(C(=O)N/N=C\c1ccc(Br)cc1)n1cnc2sc3c(c2c1=O)CCCC3. The van der Waals surface area contributed by atoms with Gasteiger partial charge in [-0.3, -0.25) is 14.2 Å². The normalized spacial score (nSPS) is 14.9. The van der Waals surface area contributed by atoms with E-state index in [4.69, 9.17) is 0 Å². The number of fused-ring (bicyclic) bond motifs is 3. The van der Waals surface area contributed by atoms with Crippen LogP contribution in [0.4, 0.5) is 0 Å². The van der Waals surface area contributed by atoms with Gasteiger partial charge in [-0.25, -0.2) is 10.4 Å². The summed E-state index contributed by atoms with van der Waals surface area (Å²) < 4.78 is 2.37. The molecule has 0 bridgehead atoms. The van der Waals surface area contributed by atoms with Crippen LogP contribution in [0.25, 0.3) is 10.2 Å². The predicted molar refractivity (Wildman–Crippen MR) is 115 cm³/mol. The highest BCUT2D eigenvalue weighted by Gasteiger charge is 2.23. The highest BCUT2D eigenvalue weighted by molar-refractivity contribution is 9.10. The molecule has 0 fully saturated rings. The zero-order valence-corrected chi connectivity index (χ0v) is 17.7. The lowest BCUT2D eigenvalue weighted by Crippen LogP contribution is -2.34. The van der Waals surface area contributed by atoms with E-state index in [1.807, 2.05) is 24.3 Å². The minimum Gasteiger partial charge on any atom is -0.286 e. The summed E-state index contributed by atoms with van der Waals surface area (Å²) >= 11 is 4.98. The maximum Gasteiger partial charge on any atom is 0.263 e. The third-order valence-electron chi connectivity index (χ3n) is 4.96. The van der Waals surface area contributed by atoms with Crippen molar-refractivity contribution in [1.29, 1.82) is 0 Å². The summed E-state index contributed by atoms with van der Waals surface area (Å²) in [7, 11) is 0. The fourth-order valence-corrected chi connectivity index (χ4v) is 4.86. The highest BCUT2D eigenvalue weighted by atomic mass is 79.9. The molecule has 0 saturated heterocycles. The van der Waals surface area contributed by atoms with Crippen molar-refractivity contribution in [3.05, 3.63) is 61.4 Å². The van der Waals surface area contributed by atoms with Crippen molar-refractivity contribution in [2.45, 2.75) is 38.6 Å². The number of aryl methyl sites for hydroxylation is 2. The number of halogens is 1. The van der Waals surface area contributed by atoms with Crippen LogP contribution in [-0.2, 0) is 17.6 Å². The molecule has 0 spiro atoms. The van der Waals surface area contributed by atoms with Crippen LogP contribution < -0.4 is 11.0 Å². The van der Waals surface area contributed by atoms with E-state index in [1.54, 1.807) is 24.5 Å². The molecule has 1 unspecified atom stereocenters. The molecule has 1 N–H and O–H groups in total. The second-order valence-electron chi connectivity index (χ2n) is 6.81. The van der Waals surface area contributed by atoms with E-state index < -0.39 is 6.04 Å². The van der Waals surface area contributed by atoms with Crippen LogP contribution in [0, 0.1) is 0 Å². The molecule has 1 aromatic carbocycles. The van der Waals surface area contributed by atoms with Gasteiger partial charge in [0, 0.05) is 9.35 Å². The predicted octanol–water partition coefficient (Wildman–Crippen LogP) is 3.81. The monoisotopic (exact) mass is 458 g/mol. The van der Waals surface area contributed by atoms with E-state index in [0.29, 0.717) is 5.39 Å². The Balaban J connectivity index is 1.55. The first-order chi connectivity index (χ1) is 13.5. The van der Waals surface area contributed by atoms with Crippen LogP contribution in [-0.4, -0.2) is 21.7 Å². The number of thiophene rings is 1. The van der Waals surface area contributed by atoms with Crippen LogP contribution in [0.2, 0.25) is 0 Å². The van der Waals surface area contributed by atoms with Crippen molar-refractivity contribution in [2.24, 2.45) is 5.10 Å². The summed E-state index contributed by atoms with van der Waals surface area (Å²) in [4.78, 5) is 32.0. The Morgan fingerprint density at radius 1 is 1.32 bits per heavy atom. The fourth-order valence-electron chi connectivity index (χ4n) is 3.37. The number of carbonyl (C=O) groups is 1. The molecule has 2 heterocycles. The zero-order valence-electron chi connectivity index (χ0n) is 15.3. The first-order valence-electron chi connectivity index (χ1n) is 9.14. The van der Waals surface area contributed by atoms with Crippen molar-refractivity contribution in [2.75, 3.05) is 0 Å². The largest absolute Gasteiger partial charge is 0.286 e. The number of hydrogen-bond acceptors (Lipinski definition) is 5. The maximum atomic E-state index is 13.0. The van der Waals surface area contributed by atoms with Gasteiger partial charge in [0.05, 0.1) is 17.9 Å². The van der Waals surface area contributed by atoms with Crippen molar-refractivity contribution >= 4 is 49.6 Å². The molecule has 1 aliphatic rings. The van der Waals surface area contributed by atoms with Gasteiger partial charge in [-0.15, -0.1) is 11.3 Å². The fraction of sp³-hybridized carbons (Fsp3) is 0.300. The molecule has 2 aromatic heterocycles. The van der Waals surface area contributed by atoms with Gasteiger partial charge >= 0.3 is 0 Å². The van der Waals surface area contributed by atoms with Gasteiger partial charge in [-0.2, -0.15) is 5.10 Å². The lowest BCUT2D eigenvalue weighted by atomic mass is 9.97. The van der Waals surface area contributed by atoms with Gasteiger partial charge in [-0.1, -0.05) is 28.1 Å². The number of nitrogens with zero attached hydrogens (tertiary/aromatic N) is 3. The average molecular weight is 459 g/mol. The third-order valence-corrected chi connectivity index (χ3v) is 6.68. The number of amides is 1. The van der Waals surface area contributed by atoms with Crippen LogP contribution in [0.3, 0.4) is 0 Å². The summed E-state index contributed by atoms with van der Waals surface area (Å²) in [6, 6.07) is 6.85. The molecule has 0 aliphatic heterocycles. The minimum absolute atomic E-state index is 0.149. The Hall–Kier alpha value is -2.32. The van der Waals surface area contributed by atoms with Crippen molar-refractivity contribution in [3.63, 3.8) is 0 Å². The first-order valence-corrected chi connectivity index (χ1v) is 10.8. The zero-order chi connectivity index (χ0) is 19.7. The van der Waals surface area contributed by atoms with Crippen LogP contribution in [0.5, 0.6) is 0 Å². The van der Waals surface area contributed by atoms with E-state index in [1.165, 1.54) is 15.8 Å². The average Bonchev–Trinajstić information content (AvgIpc) is 3.08. The Morgan fingerprint density at radius 3 is 2.86 bits per heavy atom. The number of hydrazone groups is 1. The van der Waals surface area contributed by atoms with Gasteiger partial charge in [0.1, 0.15) is 10.9 Å². The summed E-state index contributed by atoms with van der Waals surface area (Å²) in [5, 5.41) is 4.68. The van der Waals surface area contributed by atoms with Gasteiger partial charge < -0.3 is 0 Å². The molecular weight excluding hydrogens is 440 g/mol. The van der Waals surface area contributed by atoms with Gasteiger partial charge in [0.2, 0.25) is 0 Å². The summed E-state index contributed by atoms with van der Waals surface area (Å²) in [6.07, 6.45) is 7.20. The maximum absolute atomic E-state index is 13.0. The Bertz CT molecular complexity index is 1120. The molecule has 6 nitrogen and oxygen atoms in total. The summed E-state index contributed by atoms with van der Waals surface area (Å²) in [6.45, 7) is 1.68. The second kappa shape index (κ2) is 7.97. The van der Waals surface area contributed by atoms with E-state index >= 15 is 0 Å². The van der Waals surface area contributed by atoms with Crippen molar-refractivity contribution < 1.29 is 4.79 Å². The molecule has 0 saturated carbocycles. The molecule has 8 heteroatoms. The number of nitrogens with one attached hydrogen (secondary N) is 1. The number of carbonyl (C=O) groups excluding carboxylic acids is 1. The quantitative estimate of drug-likeness (QED) is 0.476. The van der Waals surface area contributed by atoms with Crippen LogP contribution in [0.1, 0.15) is 41.8 Å². The number of hydrogen-bond donors (Lipinski definition) is 1. The highest BCUT2D eigenvalue weighted by Crippen LogP contribution is 2.33. The number of aromatic nitrogens is 2. The van der Waals surface area contributed by atoms with Gasteiger partial charge in [0.25, 0.3) is 11.5 Å². The summed E-state index contributed by atoms with van der Waals surface area (Å²) in [5.74, 6) is -0.360. The lowest BCUT2D eigenvalue weighted by molar-refractivity contribution is -0.123. The van der Waals surface area contributed by atoms with E-state index in [0.717, 1.165) is 46.1 Å². The Morgan fingerprint density at radius 2 is 2.07 bits per heavy atom. The van der Waals surface area contributed by atoms with E-state index in [2.05, 4.69) is 31.4 Å². The molecular formula is C20H19BrN4O2S. The molecule has 144 valence electrons. The molecule has 4 rings (SSSR count). The molecule has 0 radical (unpaired) electrons. The lowest BCUT2D eigenvalue weighted by Gasteiger charge is -2.14. The standard InChI is InChI=1S/C20H19BrN4O2S/c1-12(18(26)24-23-10-13-6-8-14(21)9-7-13)25-11-22-19-17(20(25)27)15-4-2-3-5-16(15)28-19/h6-12H,2-5H2,1H3,(H,24,26)/b23-10-. The van der Waals surface area contributed by atoms with Crippen LogP contribution >= 0.6 is 27.3 Å². The molecule has 1 amide bonds. The van der Waals surface area contributed by atoms with Gasteiger partial charge in [-0.05, 0) is 55.9 Å². The van der Waals surface area contributed by atoms with E-state index in [-0.39, 0.29) is 11.5 Å². The second-order valence-corrected chi connectivity index (χ2v) is 8.81. The van der Waals surface area contributed by atoms with Crippen molar-refractivity contribution in [1.82, 2.24) is 15.0 Å². The molecule has 3 aromatic rings. The number of benzene rings is 1. The molecule has 1 aliphatic carbocycles. The van der Waals surface area contributed by atoms with Crippen LogP contribution in [0.15, 0.2) is 45.0 Å². The first kappa shape index (κ1) is 19.0. The Kier molecular flexibility index (Phi) is 5.41.